The third kappa shape index (κ3) is 5.85. The molecule has 0 aliphatic heterocycles. The van der Waals surface area contributed by atoms with E-state index < -0.39 is 26.5 Å². The molecule has 0 unspecified atom stereocenters. The van der Waals surface area contributed by atoms with Crippen LogP contribution >= 0.6 is 0 Å². The molecule has 0 atom stereocenters. The van der Waals surface area contributed by atoms with Crippen LogP contribution in [0.1, 0.15) is 32.8 Å². The van der Waals surface area contributed by atoms with Crippen LogP contribution in [0.25, 0.3) is 0 Å². The van der Waals surface area contributed by atoms with Crippen molar-refractivity contribution in [2.75, 3.05) is 0 Å². The van der Waals surface area contributed by atoms with Crippen LogP contribution in [0.15, 0.2) is 39.0 Å². The van der Waals surface area contributed by atoms with Crippen molar-refractivity contribution in [3.05, 3.63) is 44.6 Å². The van der Waals surface area contributed by atoms with Crippen molar-refractivity contribution >= 4 is 33.2 Å². The molecule has 0 saturated carbocycles. The number of benzene rings is 1. The Morgan fingerprint density at radius 1 is 1.00 bits per heavy atom. The van der Waals surface area contributed by atoms with E-state index in [1.165, 1.54) is 19.1 Å². The van der Waals surface area contributed by atoms with Gasteiger partial charge >= 0.3 is 157 Å². The van der Waals surface area contributed by atoms with Crippen molar-refractivity contribution < 1.29 is 0 Å². The summed E-state index contributed by atoms with van der Waals surface area (Å²) in [6, 6.07) is 10.5. The molecule has 0 amide bonds. The summed E-state index contributed by atoms with van der Waals surface area (Å²) in [6.45, 7) is 12.8. The summed E-state index contributed by atoms with van der Waals surface area (Å²) < 4.78 is 1.89. The summed E-state index contributed by atoms with van der Waals surface area (Å²) in [5.74, 6) is 3.50. The normalized spacial score (nSPS) is 13.0. The number of allylic oxidation sites excluding steroid dienone is 1. The topological polar surface area (TPSA) is 0 Å². The molecule has 0 fully saturated rings. The Morgan fingerprint density at radius 2 is 1.54 bits per heavy atom. The predicted octanol–water partition coefficient (Wildman–Crippen LogP) is 6.48. The van der Waals surface area contributed by atoms with Gasteiger partial charge < -0.3 is 0 Å². The Bertz CT molecular complexity index is 611. The molecule has 0 bridgehead atoms. The fourth-order valence-electron chi connectivity index (χ4n) is 4.08. The average Bonchev–Trinajstić information content (AvgIpc) is 2.52. The average molecular weight is 445 g/mol. The van der Waals surface area contributed by atoms with Gasteiger partial charge in [0.15, 0.2) is 0 Å². The third-order valence-electron chi connectivity index (χ3n) is 4.85. The van der Waals surface area contributed by atoms with E-state index in [4.69, 9.17) is 0 Å². The molecule has 24 heavy (non-hydrogen) atoms. The van der Waals surface area contributed by atoms with Gasteiger partial charge in [0, 0.05) is 0 Å². The first kappa shape index (κ1) is 21.6. The summed E-state index contributed by atoms with van der Waals surface area (Å²) in [6.07, 6.45) is 3.74. The fourth-order valence-corrected chi connectivity index (χ4v) is 28.2. The van der Waals surface area contributed by atoms with E-state index in [9.17, 15) is 0 Å². The molecule has 0 heterocycles. The number of hydrogen-bond acceptors (Lipinski definition) is 0. The molecular formula is C21H35BSiSn. The van der Waals surface area contributed by atoms with Gasteiger partial charge in [-0.05, 0) is 0 Å². The molecule has 0 aliphatic rings. The maximum absolute atomic E-state index is 3.78. The molecule has 0 radical (unpaired) electrons. The number of hydrogen-bond donors (Lipinski definition) is 0. The summed E-state index contributed by atoms with van der Waals surface area (Å²) in [5.41, 5.74) is 6.72. The van der Waals surface area contributed by atoms with E-state index in [1.54, 1.807) is 5.47 Å². The molecule has 0 aromatic heterocycles. The molecule has 0 aliphatic carbocycles. The first-order chi connectivity index (χ1) is 11.2. The van der Waals surface area contributed by atoms with Crippen LogP contribution < -0.4 is 0 Å². The summed E-state index contributed by atoms with van der Waals surface area (Å²) in [4.78, 5) is 7.75. The van der Waals surface area contributed by atoms with E-state index in [2.05, 4.69) is 90.5 Å². The molecule has 130 valence electrons. The molecule has 1 rings (SSSR count). The van der Waals surface area contributed by atoms with Gasteiger partial charge in [-0.15, -0.1) is 0 Å². The molecule has 1 aromatic carbocycles. The minimum absolute atomic E-state index is 0.756. The Kier molecular flexibility index (Phi) is 8.42. The van der Waals surface area contributed by atoms with Gasteiger partial charge in [-0.1, -0.05) is 0 Å². The van der Waals surface area contributed by atoms with Crippen LogP contribution in [-0.4, -0.2) is 33.2 Å². The maximum atomic E-state index is 3.78. The number of rotatable bonds is 6. The Morgan fingerprint density at radius 3 is 1.96 bits per heavy atom. The van der Waals surface area contributed by atoms with Crippen molar-refractivity contribution in [3.63, 3.8) is 0 Å². The van der Waals surface area contributed by atoms with E-state index in [0.717, 1.165) is 12.3 Å². The van der Waals surface area contributed by atoms with E-state index >= 15 is 0 Å². The Balaban J connectivity index is 3.47. The summed E-state index contributed by atoms with van der Waals surface area (Å²) >= 11 is -2.21. The Hall–Kier alpha value is -0.399. The van der Waals surface area contributed by atoms with Crippen molar-refractivity contribution in [1.82, 2.24) is 0 Å². The predicted molar refractivity (Wildman–Crippen MR) is 118 cm³/mol. The zero-order valence-corrected chi connectivity index (χ0v) is 20.9. The quantitative estimate of drug-likeness (QED) is 0.347. The minimum atomic E-state index is -2.21. The van der Waals surface area contributed by atoms with Gasteiger partial charge in [0.05, 0.1) is 0 Å². The molecule has 1 aromatic rings. The van der Waals surface area contributed by atoms with Crippen LogP contribution in [0.2, 0.25) is 40.6 Å². The second-order valence-electron chi connectivity index (χ2n) is 8.26. The van der Waals surface area contributed by atoms with Crippen LogP contribution in [0, 0.1) is 11.5 Å². The zero-order valence-electron chi connectivity index (χ0n) is 17.1. The third-order valence-corrected chi connectivity index (χ3v) is 22.7. The van der Waals surface area contributed by atoms with Crippen molar-refractivity contribution in [1.29, 1.82) is 0 Å². The Labute approximate surface area is 156 Å². The van der Waals surface area contributed by atoms with Gasteiger partial charge in [0.25, 0.3) is 0 Å². The van der Waals surface area contributed by atoms with Crippen molar-refractivity contribution in [2.24, 2.45) is 0 Å². The van der Waals surface area contributed by atoms with E-state index in [-0.39, 0.29) is 0 Å². The summed E-state index contributed by atoms with van der Waals surface area (Å²) in [5, 5.41) is 0. The van der Waals surface area contributed by atoms with Gasteiger partial charge in [0.1, 0.15) is 0 Å². The summed E-state index contributed by atoms with van der Waals surface area (Å²) in [7, 11) is -1.72. The molecule has 0 saturated heterocycles. The second kappa shape index (κ2) is 9.34. The zero-order chi connectivity index (χ0) is 18.4. The van der Waals surface area contributed by atoms with Crippen LogP contribution in [-0.2, 0) is 0 Å². The standard InChI is InChI=1S/C18H26BSi.3CH3.Sn/c1-6-18(19(7-2)8-3)16-20(4,5)15-14-17-12-10-9-11-13-17;;;;/h9-13H,6-8H2,1-5H3;3*1H3;. The van der Waals surface area contributed by atoms with Crippen LogP contribution in [0.5, 0.6) is 0 Å². The van der Waals surface area contributed by atoms with Gasteiger partial charge in [-0.3, -0.25) is 0 Å². The molecule has 0 nitrogen and oxygen atoms in total. The first-order valence-corrected chi connectivity index (χ1v) is 22.5. The second-order valence-corrected chi connectivity index (χ2v) is 28.0. The van der Waals surface area contributed by atoms with Crippen molar-refractivity contribution in [3.8, 4) is 11.5 Å². The first-order valence-electron chi connectivity index (χ1n) is 9.49. The molecule has 0 N–H and O–H groups in total. The van der Waals surface area contributed by atoms with Gasteiger partial charge in [-0.25, -0.2) is 0 Å². The van der Waals surface area contributed by atoms with Crippen molar-refractivity contribution in [2.45, 2.75) is 67.7 Å². The fraction of sp³-hybridized carbons (Fsp3) is 0.524. The van der Waals surface area contributed by atoms with E-state index in [0.29, 0.717) is 0 Å². The van der Waals surface area contributed by atoms with E-state index in [1.807, 2.05) is 3.21 Å². The SMILES string of the molecule is CCB(CC)/C(CC)=[C](/[Si](C)(C)C#Cc1ccccc1)[Sn]([CH3])([CH3])[CH3]. The monoisotopic (exact) mass is 446 g/mol. The van der Waals surface area contributed by atoms with Gasteiger partial charge in [-0.2, -0.15) is 0 Å². The van der Waals surface area contributed by atoms with Crippen LogP contribution in [0.4, 0.5) is 0 Å². The molecule has 3 heteroatoms. The van der Waals surface area contributed by atoms with Gasteiger partial charge in [0.2, 0.25) is 0 Å². The molecule has 0 spiro atoms. The van der Waals surface area contributed by atoms with Crippen LogP contribution in [0.3, 0.4) is 0 Å². The molecular weight excluding hydrogens is 410 g/mol.